The minimum atomic E-state index is -4.21. The molecule has 2 aromatic carbocycles. The number of rotatable bonds is 5. The van der Waals surface area contributed by atoms with Crippen molar-refractivity contribution in [3.63, 3.8) is 0 Å². The van der Waals surface area contributed by atoms with E-state index in [0.717, 1.165) is 34.7 Å². The van der Waals surface area contributed by atoms with Gasteiger partial charge >= 0.3 is 0 Å². The van der Waals surface area contributed by atoms with Crippen LogP contribution in [0.1, 0.15) is 63.5 Å². The molecule has 2 rings (SSSR count). The summed E-state index contributed by atoms with van der Waals surface area (Å²) in [6, 6.07) is 9.34. The van der Waals surface area contributed by atoms with Crippen LogP contribution in [0.15, 0.2) is 35.2 Å². The van der Waals surface area contributed by atoms with Gasteiger partial charge in [-0.1, -0.05) is 45.9 Å². The lowest BCUT2D eigenvalue weighted by Gasteiger charge is -2.18. The highest BCUT2D eigenvalue weighted by molar-refractivity contribution is 7.85. The fourth-order valence-corrected chi connectivity index (χ4v) is 3.38. The molecule has 0 aliphatic rings. The lowest BCUT2D eigenvalue weighted by molar-refractivity contribution is 0.483. The summed E-state index contributed by atoms with van der Waals surface area (Å²) in [6.45, 7) is 8.41. The van der Waals surface area contributed by atoms with Gasteiger partial charge in [-0.3, -0.25) is 4.55 Å². The van der Waals surface area contributed by atoms with Crippen LogP contribution in [-0.4, -0.2) is 13.0 Å². The zero-order valence-electron chi connectivity index (χ0n) is 13.6. The van der Waals surface area contributed by atoms with Crippen molar-refractivity contribution in [2.45, 2.75) is 57.3 Å². The minimum absolute atomic E-state index is 0.00828. The van der Waals surface area contributed by atoms with E-state index in [1.807, 2.05) is 18.2 Å². The topological polar surface area (TPSA) is 54.4 Å². The average molecular weight is 320 g/mol. The molecule has 0 heterocycles. The van der Waals surface area contributed by atoms with Crippen LogP contribution < -0.4 is 0 Å². The molecule has 0 bridgehead atoms. The van der Waals surface area contributed by atoms with Crippen molar-refractivity contribution < 1.29 is 13.0 Å². The summed E-state index contributed by atoms with van der Waals surface area (Å²) in [4.78, 5) is -0.00828. The van der Waals surface area contributed by atoms with Crippen LogP contribution in [0.3, 0.4) is 0 Å². The summed E-state index contributed by atoms with van der Waals surface area (Å²) >= 11 is 0. The first-order valence-electron chi connectivity index (χ1n) is 7.83. The molecule has 2 aromatic rings. The Hall–Kier alpha value is -1.39. The van der Waals surface area contributed by atoms with E-state index in [9.17, 15) is 13.0 Å². The Morgan fingerprint density at radius 3 is 2.09 bits per heavy atom. The van der Waals surface area contributed by atoms with Crippen LogP contribution in [0.5, 0.6) is 0 Å². The van der Waals surface area contributed by atoms with Crippen molar-refractivity contribution in [2.75, 3.05) is 0 Å². The zero-order valence-corrected chi connectivity index (χ0v) is 14.4. The SMILES string of the molecule is CCC(C)c1cc(S(=O)(=O)O)cc2c(C(C)CC)cccc12. The third-order valence-electron chi connectivity index (χ3n) is 4.62. The molecule has 120 valence electrons. The van der Waals surface area contributed by atoms with E-state index in [-0.39, 0.29) is 10.8 Å². The van der Waals surface area contributed by atoms with Gasteiger partial charge in [0, 0.05) is 0 Å². The largest absolute Gasteiger partial charge is 0.294 e. The van der Waals surface area contributed by atoms with Gasteiger partial charge in [0.1, 0.15) is 0 Å². The lowest BCUT2D eigenvalue weighted by atomic mass is 9.88. The van der Waals surface area contributed by atoms with E-state index in [4.69, 9.17) is 0 Å². The fourth-order valence-electron chi connectivity index (χ4n) is 2.84. The lowest BCUT2D eigenvalue weighted by Crippen LogP contribution is -2.03. The maximum atomic E-state index is 11.6. The normalized spacial score (nSPS) is 15.0. The molecule has 0 aromatic heterocycles. The van der Waals surface area contributed by atoms with Gasteiger partial charge in [-0.2, -0.15) is 8.42 Å². The second-order valence-corrected chi connectivity index (χ2v) is 7.47. The monoisotopic (exact) mass is 320 g/mol. The molecule has 0 aliphatic carbocycles. The molecule has 4 heteroatoms. The van der Waals surface area contributed by atoms with Gasteiger partial charge in [-0.25, -0.2) is 0 Å². The first kappa shape index (κ1) is 17.0. The van der Waals surface area contributed by atoms with Crippen LogP contribution in [0.2, 0.25) is 0 Å². The second kappa shape index (κ2) is 6.39. The van der Waals surface area contributed by atoms with Gasteiger partial charge in [0.05, 0.1) is 4.90 Å². The van der Waals surface area contributed by atoms with Crippen molar-refractivity contribution in [3.8, 4) is 0 Å². The molecule has 0 amide bonds. The van der Waals surface area contributed by atoms with Gasteiger partial charge in [0.15, 0.2) is 0 Å². The summed E-state index contributed by atoms with van der Waals surface area (Å²) in [7, 11) is -4.21. The van der Waals surface area contributed by atoms with Crippen molar-refractivity contribution in [3.05, 3.63) is 41.5 Å². The first-order chi connectivity index (χ1) is 10.3. The number of hydrogen-bond acceptors (Lipinski definition) is 2. The van der Waals surface area contributed by atoms with E-state index in [0.29, 0.717) is 5.92 Å². The van der Waals surface area contributed by atoms with E-state index >= 15 is 0 Å². The number of fused-ring (bicyclic) bond motifs is 1. The number of hydrogen-bond donors (Lipinski definition) is 1. The minimum Gasteiger partial charge on any atom is -0.282 e. The second-order valence-electron chi connectivity index (χ2n) is 6.05. The molecule has 0 radical (unpaired) electrons. The van der Waals surface area contributed by atoms with E-state index in [1.54, 1.807) is 12.1 Å². The van der Waals surface area contributed by atoms with E-state index < -0.39 is 10.1 Å². The molecule has 0 fully saturated rings. The predicted octanol–water partition coefficient (Wildman–Crippen LogP) is 5.11. The highest BCUT2D eigenvalue weighted by atomic mass is 32.2. The van der Waals surface area contributed by atoms with Crippen LogP contribution in [0.4, 0.5) is 0 Å². The molecule has 22 heavy (non-hydrogen) atoms. The number of benzene rings is 2. The van der Waals surface area contributed by atoms with Gasteiger partial charge in [-0.15, -0.1) is 0 Å². The molecular weight excluding hydrogens is 296 g/mol. The third-order valence-corrected chi connectivity index (χ3v) is 5.45. The standard InChI is InChI=1S/C18H24O3S/c1-5-12(3)15-8-7-9-16-17(13(4)6-2)10-14(11-18(15)16)22(19,20)21/h7-13H,5-6H2,1-4H3,(H,19,20,21). The summed E-state index contributed by atoms with van der Waals surface area (Å²) in [5.41, 5.74) is 2.12. The molecule has 0 spiro atoms. The molecule has 1 N–H and O–H groups in total. The molecule has 2 unspecified atom stereocenters. The summed E-state index contributed by atoms with van der Waals surface area (Å²) in [5.74, 6) is 0.571. The molecular formula is C18H24O3S. The zero-order chi connectivity index (χ0) is 16.5. The van der Waals surface area contributed by atoms with Gasteiger partial charge < -0.3 is 0 Å². The van der Waals surface area contributed by atoms with Crippen molar-refractivity contribution in [2.24, 2.45) is 0 Å². The third kappa shape index (κ3) is 3.18. The molecule has 2 atom stereocenters. The Labute approximate surface area is 133 Å². The van der Waals surface area contributed by atoms with Crippen LogP contribution in [0, 0.1) is 0 Å². The summed E-state index contributed by atoms with van der Waals surface area (Å²) in [5, 5.41) is 2.02. The maximum Gasteiger partial charge on any atom is 0.294 e. The van der Waals surface area contributed by atoms with Crippen LogP contribution >= 0.6 is 0 Å². The fraction of sp³-hybridized carbons (Fsp3) is 0.444. The highest BCUT2D eigenvalue weighted by Gasteiger charge is 2.18. The smallest absolute Gasteiger partial charge is 0.282 e. The van der Waals surface area contributed by atoms with Gasteiger partial charge in [-0.05, 0) is 58.7 Å². The van der Waals surface area contributed by atoms with E-state index in [1.165, 1.54) is 0 Å². The van der Waals surface area contributed by atoms with Crippen molar-refractivity contribution >= 4 is 20.9 Å². The molecule has 0 saturated carbocycles. The maximum absolute atomic E-state index is 11.6. The Morgan fingerprint density at radius 2 is 1.55 bits per heavy atom. The average Bonchev–Trinajstić information content (AvgIpc) is 2.50. The van der Waals surface area contributed by atoms with Gasteiger partial charge in [0.25, 0.3) is 10.1 Å². The Bertz CT molecular complexity index is 778. The molecule has 0 aliphatic heterocycles. The van der Waals surface area contributed by atoms with Gasteiger partial charge in [0.2, 0.25) is 0 Å². The molecule has 0 saturated heterocycles. The highest BCUT2D eigenvalue weighted by Crippen LogP contribution is 2.35. The van der Waals surface area contributed by atoms with Crippen LogP contribution in [-0.2, 0) is 10.1 Å². The Kier molecular flexibility index (Phi) is 4.93. The summed E-state index contributed by atoms with van der Waals surface area (Å²) in [6.07, 6.45) is 1.89. The molecule has 3 nitrogen and oxygen atoms in total. The summed E-state index contributed by atoms with van der Waals surface area (Å²) < 4.78 is 32.8. The van der Waals surface area contributed by atoms with E-state index in [2.05, 4.69) is 27.7 Å². The van der Waals surface area contributed by atoms with Crippen molar-refractivity contribution in [1.82, 2.24) is 0 Å². The quantitative estimate of drug-likeness (QED) is 0.778. The Balaban J connectivity index is 2.88. The first-order valence-corrected chi connectivity index (χ1v) is 9.27. The predicted molar refractivity (Wildman–Crippen MR) is 91.2 cm³/mol. The van der Waals surface area contributed by atoms with Crippen LogP contribution in [0.25, 0.3) is 10.8 Å². The Morgan fingerprint density at radius 1 is 0.955 bits per heavy atom. The van der Waals surface area contributed by atoms with Crippen molar-refractivity contribution in [1.29, 1.82) is 0 Å².